The Hall–Kier alpha value is -3.19. The molecule has 6 nitrogen and oxygen atoms in total. The number of aromatic nitrogens is 1. The Morgan fingerprint density at radius 2 is 1.89 bits per heavy atom. The van der Waals surface area contributed by atoms with Crippen molar-refractivity contribution in [2.75, 3.05) is 12.4 Å². The van der Waals surface area contributed by atoms with Gasteiger partial charge < -0.3 is 15.4 Å². The highest BCUT2D eigenvalue weighted by Crippen LogP contribution is 2.26. The van der Waals surface area contributed by atoms with Crippen molar-refractivity contribution in [1.82, 2.24) is 10.3 Å². The number of nitrogens with one attached hydrogen (secondary N) is 2. The van der Waals surface area contributed by atoms with E-state index in [1.165, 1.54) is 11.3 Å². The minimum Gasteiger partial charge on any atom is -0.497 e. The summed E-state index contributed by atoms with van der Waals surface area (Å²) in [5, 5.41) is 8.23. The first-order valence-corrected chi connectivity index (χ1v) is 9.82. The number of benzene rings is 2. The van der Waals surface area contributed by atoms with Gasteiger partial charge >= 0.3 is 0 Å². The number of anilines is 1. The van der Waals surface area contributed by atoms with E-state index >= 15 is 0 Å². The van der Waals surface area contributed by atoms with E-state index in [4.69, 9.17) is 4.74 Å². The average molecular weight is 393 g/mol. The summed E-state index contributed by atoms with van der Waals surface area (Å²) < 4.78 is 5.16. The molecule has 2 N–H and O–H groups in total. The summed E-state index contributed by atoms with van der Waals surface area (Å²) in [6.45, 7) is 0. The number of hydrogen-bond donors (Lipinski definition) is 2. The number of thiazole rings is 1. The molecule has 142 valence electrons. The lowest BCUT2D eigenvalue weighted by Gasteiger charge is -2.07. The van der Waals surface area contributed by atoms with Gasteiger partial charge in [-0.05, 0) is 55.3 Å². The highest BCUT2D eigenvalue weighted by Gasteiger charge is 2.24. The van der Waals surface area contributed by atoms with Crippen LogP contribution in [0.15, 0.2) is 53.9 Å². The van der Waals surface area contributed by atoms with E-state index in [1.54, 1.807) is 36.8 Å². The molecule has 0 aliphatic heterocycles. The minimum atomic E-state index is -0.309. The maximum Gasteiger partial charge on any atom is 0.275 e. The molecule has 7 heteroatoms. The third kappa shape index (κ3) is 4.20. The fourth-order valence-electron chi connectivity index (χ4n) is 2.67. The van der Waals surface area contributed by atoms with Crippen LogP contribution in [0.1, 0.15) is 33.7 Å². The number of methoxy groups -OCH3 is 1. The Morgan fingerprint density at radius 1 is 1.11 bits per heavy atom. The molecule has 0 bridgehead atoms. The van der Waals surface area contributed by atoms with E-state index in [9.17, 15) is 9.59 Å². The van der Waals surface area contributed by atoms with E-state index in [0.29, 0.717) is 16.9 Å². The van der Waals surface area contributed by atoms with Gasteiger partial charge in [0.15, 0.2) is 0 Å². The third-order valence-corrected chi connectivity index (χ3v) is 5.26. The summed E-state index contributed by atoms with van der Waals surface area (Å²) in [7, 11) is 1.62. The zero-order valence-electron chi connectivity index (χ0n) is 15.3. The lowest BCUT2D eigenvalue weighted by Crippen LogP contribution is -2.25. The van der Waals surface area contributed by atoms with Gasteiger partial charge in [-0.2, -0.15) is 0 Å². The van der Waals surface area contributed by atoms with Crippen molar-refractivity contribution in [3.8, 4) is 16.3 Å². The maximum atomic E-state index is 12.5. The number of carbonyl (C=O) groups excluding carboxylic acids is 2. The van der Waals surface area contributed by atoms with E-state index in [0.717, 1.165) is 29.2 Å². The predicted molar refractivity (Wildman–Crippen MR) is 109 cm³/mol. The molecule has 1 heterocycles. The summed E-state index contributed by atoms with van der Waals surface area (Å²) in [6, 6.07) is 14.7. The van der Waals surface area contributed by atoms with Gasteiger partial charge in [0.05, 0.1) is 7.11 Å². The van der Waals surface area contributed by atoms with Crippen molar-refractivity contribution >= 4 is 28.8 Å². The second-order valence-electron chi connectivity index (χ2n) is 6.55. The van der Waals surface area contributed by atoms with Gasteiger partial charge in [0.25, 0.3) is 11.8 Å². The molecule has 4 rings (SSSR count). The number of carbonyl (C=O) groups is 2. The van der Waals surface area contributed by atoms with Crippen LogP contribution in [0.25, 0.3) is 10.6 Å². The van der Waals surface area contributed by atoms with E-state index in [2.05, 4.69) is 15.6 Å². The van der Waals surface area contributed by atoms with Gasteiger partial charge in [0.1, 0.15) is 16.5 Å². The summed E-state index contributed by atoms with van der Waals surface area (Å²) in [5.41, 5.74) is 2.35. The van der Waals surface area contributed by atoms with Crippen molar-refractivity contribution in [1.29, 1.82) is 0 Å². The summed E-state index contributed by atoms with van der Waals surface area (Å²) >= 11 is 1.40. The van der Waals surface area contributed by atoms with Crippen molar-refractivity contribution in [2.45, 2.75) is 18.9 Å². The van der Waals surface area contributed by atoms with Gasteiger partial charge in [-0.25, -0.2) is 4.98 Å². The molecule has 1 aliphatic rings. The molecule has 1 aromatic heterocycles. The fourth-order valence-corrected chi connectivity index (χ4v) is 3.48. The Balaban J connectivity index is 1.45. The summed E-state index contributed by atoms with van der Waals surface area (Å²) in [6.07, 6.45) is 2.06. The molecule has 0 atom stereocenters. The van der Waals surface area contributed by atoms with Crippen LogP contribution in [0, 0.1) is 0 Å². The molecule has 1 fully saturated rings. The van der Waals surface area contributed by atoms with Crippen molar-refractivity contribution < 1.29 is 14.3 Å². The molecule has 2 amide bonds. The van der Waals surface area contributed by atoms with Crippen LogP contribution in [0.4, 0.5) is 5.69 Å². The topological polar surface area (TPSA) is 80.3 Å². The van der Waals surface area contributed by atoms with E-state index in [-0.39, 0.29) is 17.9 Å². The van der Waals surface area contributed by atoms with Gasteiger partial charge in [-0.15, -0.1) is 11.3 Å². The summed E-state index contributed by atoms with van der Waals surface area (Å²) in [4.78, 5) is 29.1. The average Bonchev–Trinajstić information content (AvgIpc) is 3.39. The molecule has 0 radical (unpaired) electrons. The first-order chi connectivity index (χ1) is 13.6. The highest BCUT2D eigenvalue weighted by atomic mass is 32.1. The number of rotatable bonds is 6. The van der Waals surface area contributed by atoms with Crippen LogP contribution in [0.5, 0.6) is 5.75 Å². The lowest BCUT2D eigenvalue weighted by molar-refractivity contribution is 0.0949. The Bertz CT molecular complexity index is 1010. The van der Waals surface area contributed by atoms with E-state index < -0.39 is 0 Å². The zero-order chi connectivity index (χ0) is 19.5. The van der Waals surface area contributed by atoms with Crippen LogP contribution in [-0.4, -0.2) is 29.9 Å². The van der Waals surface area contributed by atoms with Crippen LogP contribution in [0.3, 0.4) is 0 Å². The Morgan fingerprint density at radius 3 is 2.61 bits per heavy atom. The normalized spacial score (nSPS) is 13.0. The molecule has 28 heavy (non-hydrogen) atoms. The first-order valence-electron chi connectivity index (χ1n) is 8.94. The molecule has 3 aromatic rings. The predicted octanol–water partition coefficient (Wildman–Crippen LogP) is 3.96. The second-order valence-corrected chi connectivity index (χ2v) is 7.41. The molecule has 1 aliphatic carbocycles. The Kier molecular flexibility index (Phi) is 5.08. The Labute approximate surface area is 166 Å². The maximum absolute atomic E-state index is 12.5. The van der Waals surface area contributed by atoms with Crippen LogP contribution in [0.2, 0.25) is 0 Å². The van der Waals surface area contributed by atoms with Crippen LogP contribution in [-0.2, 0) is 0 Å². The second kappa shape index (κ2) is 7.82. The number of ether oxygens (including phenoxy) is 1. The standard InChI is InChI=1S/C21H19N3O3S/c1-27-17-9-5-13(6-10-17)21-24-18(12-28-21)20(26)23-16-4-2-3-14(11-16)19(25)22-15-7-8-15/h2-6,9-12,15H,7-8H2,1H3,(H,22,25)(H,23,26). The van der Waals surface area contributed by atoms with Crippen molar-refractivity contribution in [2.24, 2.45) is 0 Å². The number of nitrogens with zero attached hydrogens (tertiary/aromatic N) is 1. The van der Waals surface area contributed by atoms with E-state index in [1.807, 2.05) is 24.3 Å². The monoisotopic (exact) mass is 393 g/mol. The molecule has 2 aromatic carbocycles. The van der Waals surface area contributed by atoms with Crippen molar-refractivity contribution in [3.63, 3.8) is 0 Å². The SMILES string of the molecule is COc1ccc(-c2nc(C(=O)Nc3cccc(C(=O)NC4CC4)c3)cs2)cc1. The molecule has 0 saturated heterocycles. The van der Waals surface area contributed by atoms with Gasteiger partial charge in [-0.1, -0.05) is 6.07 Å². The van der Waals surface area contributed by atoms with Gasteiger partial charge in [-0.3, -0.25) is 9.59 Å². The molecule has 1 saturated carbocycles. The first kappa shape index (κ1) is 18.2. The molecule has 0 unspecified atom stereocenters. The summed E-state index contributed by atoms with van der Waals surface area (Å²) in [5.74, 6) is 0.341. The third-order valence-electron chi connectivity index (χ3n) is 4.37. The van der Waals surface area contributed by atoms with Crippen molar-refractivity contribution in [3.05, 3.63) is 65.2 Å². The highest BCUT2D eigenvalue weighted by molar-refractivity contribution is 7.13. The fraction of sp³-hybridized carbons (Fsp3) is 0.190. The largest absolute Gasteiger partial charge is 0.497 e. The molecule has 0 spiro atoms. The quantitative estimate of drug-likeness (QED) is 0.664. The zero-order valence-corrected chi connectivity index (χ0v) is 16.1. The number of hydrogen-bond acceptors (Lipinski definition) is 5. The molecular formula is C21H19N3O3S. The van der Waals surface area contributed by atoms with Crippen LogP contribution < -0.4 is 15.4 Å². The van der Waals surface area contributed by atoms with Gasteiger partial charge in [0.2, 0.25) is 0 Å². The smallest absolute Gasteiger partial charge is 0.275 e. The lowest BCUT2D eigenvalue weighted by atomic mass is 10.2. The minimum absolute atomic E-state index is 0.117. The van der Waals surface area contributed by atoms with Crippen LogP contribution >= 0.6 is 11.3 Å². The van der Waals surface area contributed by atoms with Gasteiger partial charge in [0, 0.05) is 28.2 Å². The number of amides is 2. The molecular weight excluding hydrogens is 374 g/mol.